The normalized spacial score (nSPS) is 20.9. The van der Waals surface area contributed by atoms with Gasteiger partial charge in [-0.3, -0.25) is 0 Å². The minimum atomic E-state index is -0.290. The fourth-order valence-electron chi connectivity index (χ4n) is 2.42. The highest BCUT2D eigenvalue weighted by Gasteiger charge is 2.17. The van der Waals surface area contributed by atoms with Crippen molar-refractivity contribution in [1.82, 2.24) is 0 Å². The van der Waals surface area contributed by atoms with Gasteiger partial charge >= 0.3 is 0 Å². The number of methoxy groups -OCH3 is 1. The molecule has 1 heterocycles. The molecule has 0 saturated carbocycles. The van der Waals surface area contributed by atoms with Crippen molar-refractivity contribution in [2.24, 2.45) is 0 Å². The van der Waals surface area contributed by atoms with Gasteiger partial charge < -0.3 is 14.6 Å². The van der Waals surface area contributed by atoms with Crippen molar-refractivity contribution in [3.8, 4) is 5.75 Å². The third-order valence-electron chi connectivity index (χ3n) is 3.45. The summed E-state index contributed by atoms with van der Waals surface area (Å²) >= 11 is 0. The molecule has 0 amide bonds. The molecule has 0 aromatic heterocycles. The fourth-order valence-corrected chi connectivity index (χ4v) is 2.42. The van der Waals surface area contributed by atoms with Crippen LogP contribution >= 0.6 is 0 Å². The van der Waals surface area contributed by atoms with Gasteiger partial charge in [-0.25, -0.2) is 0 Å². The van der Waals surface area contributed by atoms with E-state index < -0.39 is 0 Å². The maximum Gasteiger partial charge on any atom is 0.119 e. The molecule has 3 heteroatoms. The van der Waals surface area contributed by atoms with Gasteiger partial charge in [0.15, 0.2) is 0 Å². The first-order valence-electron chi connectivity index (χ1n) is 6.70. The average molecular weight is 250 g/mol. The summed E-state index contributed by atoms with van der Waals surface area (Å²) < 4.78 is 10.7. The number of ether oxygens (including phenoxy) is 2. The number of aliphatic hydroxyl groups is 1. The van der Waals surface area contributed by atoms with Gasteiger partial charge in [0.2, 0.25) is 0 Å². The molecule has 0 spiro atoms. The highest BCUT2D eigenvalue weighted by molar-refractivity contribution is 5.28. The summed E-state index contributed by atoms with van der Waals surface area (Å²) in [4.78, 5) is 0. The Morgan fingerprint density at radius 2 is 2.39 bits per heavy atom. The Labute approximate surface area is 109 Å². The van der Waals surface area contributed by atoms with Crippen LogP contribution in [0.25, 0.3) is 0 Å². The Morgan fingerprint density at radius 3 is 3.11 bits per heavy atom. The van der Waals surface area contributed by atoms with Gasteiger partial charge in [-0.05, 0) is 49.8 Å². The molecule has 1 saturated heterocycles. The van der Waals surface area contributed by atoms with Crippen molar-refractivity contribution in [1.29, 1.82) is 0 Å². The highest BCUT2D eigenvalue weighted by atomic mass is 16.5. The zero-order chi connectivity index (χ0) is 12.8. The third-order valence-corrected chi connectivity index (χ3v) is 3.45. The van der Waals surface area contributed by atoms with E-state index in [9.17, 15) is 5.11 Å². The van der Waals surface area contributed by atoms with Crippen LogP contribution in [-0.2, 0) is 11.2 Å². The van der Waals surface area contributed by atoms with Gasteiger partial charge in [0.25, 0.3) is 0 Å². The first kappa shape index (κ1) is 13.4. The topological polar surface area (TPSA) is 38.7 Å². The zero-order valence-corrected chi connectivity index (χ0v) is 11.0. The molecular formula is C15H22O3. The number of rotatable bonds is 6. The molecule has 3 nitrogen and oxygen atoms in total. The van der Waals surface area contributed by atoms with Crippen LogP contribution in [0.15, 0.2) is 24.3 Å². The van der Waals surface area contributed by atoms with E-state index in [0.717, 1.165) is 43.6 Å². The Balaban J connectivity index is 1.76. The van der Waals surface area contributed by atoms with Crippen LogP contribution in [0, 0.1) is 0 Å². The summed E-state index contributed by atoms with van der Waals surface area (Å²) in [5.74, 6) is 0.846. The Morgan fingerprint density at radius 1 is 1.50 bits per heavy atom. The molecule has 2 rings (SSSR count). The third kappa shape index (κ3) is 4.00. The van der Waals surface area contributed by atoms with Crippen LogP contribution < -0.4 is 4.74 Å². The van der Waals surface area contributed by atoms with Crippen LogP contribution in [0.4, 0.5) is 0 Å². The number of benzene rings is 1. The van der Waals surface area contributed by atoms with Gasteiger partial charge in [0.05, 0.1) is 19.3 Å². The summed E-state index contributed by atoms with van der Waals surface area (Å²) in [6, 6.07) is 7.89. The molecular weight excluding hydrogens is 228 g/mol. The van der Waals surface area contributed by atoms with Crippen molar-refractivity contribution in [2.75, 3.05) is 13.7 Å². The fraction of sp³-hybridized carbons (Fsp3) is 0.600. The van der Waals surface area contributed by atoms with E-state index in [1.165, 1.54) is 0 Å². The van der Waals surface area contributed by atoms with Gasteiger partial charge in [-0.15, -0.1) is 0 Å². The first-order valence-corrected chi connectivity index (χ1v) is 6.70. The quantitative estimate of drug-likeness (QED) is 0.843. The Kier molecular flexibility index (Phi) is 5.02. The lowest BCUT2D eigenvalue weighted by molar-refractivity contribution is 0.0813. The van der Waals surface area contributed by atoms with Crippen LogP contribution in [0.5, 0.6) is 5.75 Å². The van der Waals surface area contributed by atoms with Crippen molar-refractivity contribution in [2.45, 2.75) is 44.3 Å². The van der Waals surface area contributed by atoms with Crippen LogP contribution in [-0.4, -0.2) is 31.0 Å². The minimum absolute atomic E-state index is 0.290. The molecule has 18 heavy (non-hydrogen) atoms. The van der Waals surface area contributed by atoms with E-state index in [0.29, 0.717) is 12.5 Å². The average Bonchev–Trinajstić information content (AvgIpc) is 2.90. The van der Waals surface area contributed by atoms with E-state index in [1.54, 1.807) is 7.11 Å². The Hall–Kier alpha value is -1.06. The summed E-state index contributed by atoms with van der Waals surface area (Å²) in [6.07, 6.45) is 4.84. The standard InChI is InChI=1S/C15H22O3/c1-17-15-5-2-4-12(11-15)10-13(16)7-8-14-6-3-9-18-14/h2,4-5,11,13-14,16H,3,6-10H2,1H3. The minimum Gasteiger partial charge on any atom is -0.497 e. The van der Waals surface area contributed by atoms with Gasteiger partial charge in [-0.2, -0.15) is 0 Å². The molecule has 1 N–H and O–H groups in total. The first-order chi connectivity index (χ1) is 8.78. The van der Waals surface area contributed by atoms with Gasteiger partial charge in [0, 0.05) is 6.61 Å². The summed E-state index contributed by atoms with van der Waals surface area (Å²) in [7, 11) is 1.66. The maximum atomic E-state index is 10.0. The summed E-state index contributed by atoms with van der Waals surface area (Å²) in [5.41, 5.74) is 1.12. The molecule has 2 unspecified atom stereocenters. The van der Waals surface area contributed by atoms with Crippen molar-refractivity contribution in [3.05, 3.63) is 29.8 Å². The molecule has 0 aliphatic carbocycles. The number of aliphatic hydroxyl groups excluding tert-OH is 1. The largest absolute Gasteiger partial charge is 0.497 e. The van der Waals surface area contributed by atoms with Crippen molar-refractivity contribution in [3.63, 3.8) is 0 Å². The smallest absolute Gasteiger partial charge is 0.119 e. The van der Waals surface area contributed by atoms with Crippen LogP contribution in [0.3, 0.4) is 0 Å². The number of hydrogen-bond donors (Lipinski definition) is 1. The second-order valence-corrected chi connectivity index (χ2v) is 4.92. The van der Waals surface area contributed by atoms with E-state index in [1.807, 2.05) is 24.3 Å². The predicted molar refractivity (Wildman–Crippen MR) is 70.9 cm³/mol. The second-order valence-electron chi connectivity index (χ2n) is 4.92. The van der Waals surface area contributed by atoms with E-state index in [2.05, 4.69) is 0 Å². The van der Waals surface area contributed by atoms with Gasteiger partial charge in [-0.1, -0.05) is 12.1 Å². The van der Waals surface area contributed by atoms with E-state index in [-0.39, 0.29) is 6.10 Å². The van der Waals surface area contributed by atoms with Gasteiger partial charge in [0.1, 0.15) is 5.75 Å². The molecule has 0 bridgehead atoms. The molecule has 1 aromatic carbocycles. The summed E-state index contributed by atoms with van der Waals surface area (Å²) in [5, 5.41) is 10.0. The lowest BCUT2D eigenvalue weighted by Crippen LogP contribution is -2.15. The molecule has 1 aliphatic heterocycles. The van der Waals surface area contributed by atoms with Crippen molar-refractivity contribution < 1.29 is 14.6 Å². The Bertz CT molecular complexity index is 359. The summed E-state index contributed by atoms with van der Waals surface area (Å²) in [6.45, 7) is 0.886. The molecule has 1 aromatic rings. The van der Waals surface area contributed by atoms with Crippen LogP contribution in [0.1, 0.15) is 31.2 Å². The maximum absolute atomic E-state index is 10.0. The number of hydrogen-bond acceptors (Lipinski definition) is 3. The van der Waals surface area contributed by atoms with E-state index >= 15 is 0 Å². The molecule has 1 fully saturated rings. The SMILES string of the molecule is COc1cccc(CC(O)CCC2CCCO2)c1. The molecule has 0 radical (unpaired) electrons. The zero-order valence-electron chi connectivity index (χ0n) is 11.0. The predicted octanol–water partition coefficient (Wildman–Crippen LogP) is 2.56. The monoisotopic (exact) mass is 250 g/mol. The highest BCUT2D eigenvalue weighted by Crippen LogP contribution is 2.20. The lowest BCUT2D eigenvalue weighted by atomic mass is 10.0. The molecule has 1 aliphatic rings. The van der Waals surface area contributed by atoms with Crippen LogP contribution in [0.2, 0.25) is 0 Å². The lowest BCUT2D eigenvalue weighted by Gasteiger charge is -2.14. The molecule has 100 valence electrons. The molecule has 2 atom stereocenters. The van der Waals surface area contributed by atoms with E-state index in [4.69, 9.17) is 9.47 Å². The van der Waals surface area contributed by atoms with Crippen molar-refractivity contribution >= 4 is 0 Å². The second kappa shape index (κ2) is 6.76.